The van der Waals surface area contributed by atoms with E-state index in [1.54, 1.807) is 0 Å². The van der Waals surface area contributed by atoms with E-state index in [0.717, 1.165) is 11.1 Å². The van der Waals surface area contributed by atoms with Gasteiger partial charge in [0.15, 0.2) is 5.79 Å². The molecule has 1 amide bonds. The maximum Gasteiger partial charge on any atom is 0.407 e. The van der Waals surface area contributed by atoms with Crippen LogP contribution >= 0.6 is 0 Å². The molecule has 6 heteroatoms. The normalized spacial score (nSPS) is 20.4. The highest BCUT2D eigenvalue weighted by atomic mass is 16.7. The predicted molar refractivity (Wildman–Crippen MR) is 89.3 cm³/mol. The quantitative estimate of drug-likeness (QED) is 0.749. The van der Waals surface area contributed by atoms with E-state index in [-0.39, 0.29) is 25.4 Å². The number of nitrogens with one attached hydrogen (secondary N) is 1. The van der Waals surface area contributed by atoms with Crippen LogP contribution in [0.2, 0.25) is 0 Å². The zero-order chi connectivity index (χ0) is 17.6. The second kappa shape index (κ2) is 8.28. The highest BCUT2D eigenvalue weighted by Crippen LogP contribution is 2.29. The Morgan fingerprint density at radius 3 is 2.75 bits per heavy atom. The van der Waals surface area contributed by atoms with Gasteiger partial charge in [-0.1, -0.05) is 36.9 Å². The summed E-state index contributed by atoms with van der Waals surface area (Å²) < 4.78 is 16.4. The zero-order valence-corrected chi connectivity index (χ0v) is 14.2. The third-order valence-electron chi connectivity index (χ3n) is 3.75. The zero-order valence-electron chi connectivity index (χ0n) is 14.2. The van der Waals surface area contributed by atoms with E-state index in [1.807, 2.05) is 38.1 Å². The van der Waals surface area contributed by atoms with Crippen molar-refractivity contribution in [1.29, 1.82) is 0 Å². The summed E-state index contributed by atoms with van der Waals surface area (Å²) in [5.74, 6) is -0.612. The summed E-state index contributed by atoms with van der Waals surface area (Å²) in [6, 6.07) is 7.14. The van der Waals surface area contributed by atoms with Crippen LogP contribution in [0.5, 0.6) is 0 Å². The number of benzene rings is 1. The van der Waals surface area contributed by atoms with Crippen LogP contribution in [0.3, 0.4) is 0 Å². The lowest BCUT2D eigenvalue weighted by Crippen LogP contribution is -2.32. The summed E-state index contributed by atoms with van der Waals surface area (Å²) in [5.41, 5.74) is 1.73. The van der Waals surface area contributed by atoms with Gasteiger partial charge < -0.3 is 24.6 Å². The minimum atomic E-state index is -0.612. The Kier molecular flexibility index (Phi) is 6.36. The smallest absolute Gasteiger partial charge is 0.407 e. The molecule has 0 saturated carbocycles. The van der Waals surface area contributed by atoms with Crippen molar-refractivity contribution in [1.82, 2.24) is 5.32 Å². The van der Waals surface area contributed by atoms with Crippen molar-refractivity contribution < 1.29 is 24.1 Å². The number of carbonyl (C=O) groups is 1. The van der Waals surface area contributed by atoms with Gasteiger partial charge in [-0.25, -0.2) is 4.79 Å². The number of carbonyl (C=O) groups excluding carboxylic acids is 1. The molecule has 6 nitrogen and oxygen atoms in total. The topological polar surface area (TPSA) is 77.0 Å². The molecule has 1 aromatic carbocycles. The summed E-state index contributed by atoms with van der Waals surface area (Å²) in [6.07, 6.45) is 1.44. The number of amides is 1. The van der Waals surface area contributed by atoms with Crippen LogP contribution in [0.25, 0.3) is 0 Å². The number of aliphatic hydroxyl groups is 1. The molecule has 2 N–H and O–H groups in total. The highest BCUT2D eigenvalue weighted by molar-refractivity contribution is 5.68. The lowest BCUT2D eigenvalue weighted by atomic mass is 9.99. The van der Waals surface area contributed by atoms with Gasteiger partial charge in [0.05, 0.1) is 25.4 Å². The fourth-order valence-electron chi connectivity index (χ4n) is 2.59. The molecule has 0 radical (unpaired) electrons. The molecule has 1 heterocycles. The van der Waals surface area contributed by atoms with Crippen LogP contribution in [0.1, 0.15) is 37.4 Å². The molecular weight excluding hydrogens is 310 g/mol. The van der Waals surface area contributed by atoms with Gasteiger partial charge >= 0.3 is 6.09 Å². The van der Waals surface area contributed by atoms with E-state index in [1.165, 1.54) is 6.08 Å². The molecule has 0 spiro atoms. The fourth-order valence-corrected chi connectivity index (χ4v) is 2.59. The van der Waals surface area contributed by atoms with Gasteiger partial charge in [-0.2, -0.15) is 0 Å². The largest absolute Gasteiger partial charge is 0.445 e. The van der Waals surface area contributed by atoms with Crippen molar-refractivity contribution in [2.75, 3.05) is 13.2 Å². The van der Waals surface area contributed by atoms with E-state index in [4.69, 9.17) is 19.3 Å². The maximum atomic E-state index is 11.9. The van der Waals surface area contributed by atoms with Crippen LogP contribution in [0.4, 0.5) is 4.79 Å². The minimum Gasteiger partial charge on any atom is -0.445 e. The van der Waals surface area contributed by atoms with Crippen molar-refractivity contribution in [2.24, 2.45) is 0 Å². The molecule has 2 rings (SSSR count). The highest BCUT2D eigenvalue weighted by Gasteiger charge is 2.34. The first-order valence-electron chi connectivity index (χ1n) is 7.99. The van der Waals surface area contributed by atoms with E-state index in [2.05, 4.69) is 11.9 Å². The fraction of sp³-hybridized carbons (Fsp3) is 0.500. The number of hydrogen-bond donors (Lipinski definition) is 2. The molecule has 2 atom stereocenters. The van der Waals surface area contributed by atoms with E-state index in [9.17, 15) is 4.79 Å². The Bertz CT molecular complexity index is 555. The van der Waals surface area contributed by atoms with Gasteiger partial charge in [0.2, 0.25) is 0 Å². The Hall–Kier alpha value is -1.89. The number of rotatable bonds is 7. The van der Waals surface area contributed by atoms with Crippen molar-refractivity contribution in [3.8, 4) is 0 Å². The van der Waals surface area contributed by atoms with Crippen LogP contribution in [0, 0.1) is 0 Å². The molecule has 1 saturated heterocycles. The molecule has 1 aliphatic heterocycles. The van der Waals surface area contributed by atoms with Gasteiger partial charge in [-0.05, 0) is 25.0 Å². The standard InChI is InChI=1S/C18H25NO5/c1-4-9-22-17(21)19-16(10-15-12-23-18(2,3)24-15)14-7-5-13(11-20)6-8-14/h4-8,15-16,20H,1,9-12H2,2-3H3,(H,19,21). The number of hydrogen-bond acceptors (Lipinski definition) is 5. The summed E-state index contributed by atoms with van der Waals surface area (Å²) >= 11 is 0. The number of aliphatic hydroxyl groups excluding tert-OH is 1. The molecule has 1 aliphatic rings. The molecule has 0 bridgehead atoms. The third-order valence-corrected chi connectivity index (χ3v) is 3.75. The first kappa shape index (κ1) is 18.4. The first-order valence-corrected chi connectivity index (χ1v) is 7.99. The van der Waals surface area contributed by atoms with Crippen LogP contribution in [-0.2, 0) is 20.8 Å². The van der Waals surface area contributed by atoms with Gasteiger partial charge in [0.25, 0.3) is 0 Å². The van der Waals surface area contributed by atoms with Crippen molar-refractivity contribution >= 4 is 6.09 Å². The van der Waals surface area contributed by atoms with E-state index >= 15 is 0 Å². The molecule has 1 fully saturated rings. The predicted octanol–water partition coefficient (Wildman–Crippen LogP) is 2.67. The van der Waals surface area contributed by atoms with Crippen molar-refractivity contribution in [3.05, 3.63) is 48.0 Å². The second-order valence-electron chi connectivity index (χ2n) is 6.17. The Morgan fingerprint density at radius 2 is 2.21 bits per heavy atom. The average molecular weight is 335 g/mol. The van der Waals surface area contributed by atoms with Gasteiger partial charge in [0, 0.05) is 6.42 Å². The van der Waals surface area contributed by atoms with Crippen molar-refractivity contribution in [2.45, 2.75) is 44.8 Å². The molecule has 1 aromatic rings. The molecule has 24 heavy (non-hydrogen) atoms. The molecular formula is C18H25NO5. The summed E-state index contributed by atoms with van der Waals surface area (Å²) in [6.45, 7) is 7.86. The van der Waals surface area contributed by atoms with Gasteiger partial charge in [-0.15, -0.1) is 0 Å². The number of alkyl carbamates (subject to hydrolysis) is 1. The summed E-state index contributed by atoms with van der Waals surface area (Å²) in [4.78, 5) is 11.9. The van der Waals surface area contributed by atoms with Gasteiger partial charge in [0.1, 0.15) is 6.61 Å². The Balaban J connectivity index is 2.07. The van der Waals surface area contributed by atoms with Crippen molar-refractivity contribution in [3.63, 3.8) is 0 Å². The van der Waals surface area contributed by atoms with Crippen LogP contribution in [0.15, 0.2) is 36.9 Å². The Labute approximate surface area is 142 Å². The summed E-state index contributed by atoms with van der Waals surface area (Å²) in [5, 5.41) is 12.0. The molecule has 132 valence electrons. The lowest BCUT2D eigenvalue weighted by Gasteiger charge is -2.23. The Morgan fingerprint density at radius 1 is 1.50 bits per heavy atom. The number of ether oxygens (including phenoxy) is 3. The van der Waals surface area contributed by atoms with Crippen LogP contribution in [-0.4, -0.2) is 36.3 Å². The van der Waals surface area contributed by atoms with Crippen LogP contribution < -0.4 is 5.32 Å². The van der Waals surface area contributed by atoms with E-state index in [0.29, 0.717) is 13.0 Å². The lowest BCUT2D eigenvalue weighted by molar-refractivity contribution is -0.139. The second-order valence-corrected chi connectivity index (χ2v) is 6.17. The SMILES string of the molecule is C=CCOC(=O)NC(CC1COC(C)(C)O1)c1ccc(CO)cc1. The molecule has 0 aliphatic carbocycles. The summed E-state index contributed by atoms with van der Waals surface area (Å²) in [7, 11) is 0. The average Bonchev–Trinajstić information content (AvgIpc) is 2.91. The maximum absolute atomic E-state index is 11.9. The monoisotopic (exact) mass is 335 g/mol. The third kappa shape index (κ3) is 5.33. The molecule has 2 unspecified atom stereocenters. The first-order chi connectivity index (χ1) is 11.4. The minimum absolute atomic E-state index is 0.0203. The van der Waals surface area contributed by atoms with Gasteiger partial charge in [-0.3, -0.25) is 0 Å². The van der Waals surface area contributed by atoms with E-state index < -0.39 is 11.9 Å². The molecule has 0 aromatic heterocycles.